The van der Waals surface area contributed by atoms with Crippen molar-refractivity contribution < 1.29 is 4.74 Å². The van der Waals surface area contributed by atoms with Gasteiger partial charge in [0.05, 0.1) is 21.9 Å². The molecule has 19 heavy (non-hydrogen) atoms. The van der Waals surface area contributed by atoms with Crippen molar-refractivity contribution in [1.82, 2.24) is 10.2 Å². The molecular formula is C14H12IN3O. The largest absolute Gasteiger partial charge is 0.496 e. The Kier molecular flexibility index (Phi) is 3.06. The van der Waals surface area contributed by atoms with Gasteiger partial charge in [-0.15, -0.1) is 0 Å². The molecule has 0 atom stereocenters. The number of hydrogen-bond donors (Lipinski definition) is 2. The number of benzene rings is 2. The number of nitrogen functional groups attached to an aromatic ring is 1. The summed E-state index contributed by atoms with van der Waals surface area (Å²) >= 11 is 2.20. The van der Waals surface area contributed by atoms with Gasteiger partial charge in [0.25, 0.3) is 0 Å². The van der Waals surface area contributed by atoms with Crippen molar-refractivity contribution in [2.45, 2.75) is 0 Å². The molecule has 4 nitrogen and oxygen atoms in total. The molecule has 0 unspecified atom stereocenters. The zero-order valence-corrected chi connectivity index (χ0v) is 12.4. The summed E-state index contributed by atoms with van der Waals surface area (Å²) in [6.45, 7) is 0. The van der Waals surface area contributed by atoms with E-state index in [4.69, 9.17) is 10.5 Å². The molecule has 2 aromatic carbocycles. The van der Waals surface area contributed by atoms with Gasteiger partial charge in [0.1, 0.15) is 5.75 Å². The van der Waals surface area contributed by atoms with Crippen LogP contribution in [-0.2, 0) is 0 Å². The zero-order valence-electron chi connectivity index (χ0n) is 10.3. The van der Waals surface area contributed by atoms with E-state index >= 15 is 0 Å². The third-order valence-electron chi connectivity index (χ3n) is 3.09. The highest BCUT2D eigenvalue weighted by atomic mass is 127. The molecule has 0 aliphatic carbocycles. The summed E-state index contributed by atoms with van der Waals surface area (Å²) in [4.78, 5) is 0. The Morgan fingerprint density at radius 2 is 2.00 bits per heavy atom. The van der Waals surface area contributed by atoms with Crippen LogP contribution in [0.25, 0.3) is 22.0 Å². The van der Waals surface area contributed by atoms with Crippen molar-refractivity contribution in [3.05, 3.63) is 40.0 Å². The summed E-state index contributed by atoms with van der Waals surface area (Å²) in [6.07, 6.45) is 0. The van der Waals surface area contributed by atoms with E-state index < -0.39 is 0 Å². The summed E-state index contributed by atoms with van der Waals surface area (Å²) in [7, 11) is 1.67. The zero-order chi connectivity index (χ0) is 13.4. The molecule has 0 spiro atoms. The molecule has 96 valence electrons. The van der Waals surface area contributed by atoms with E-state index in [0.29, 0.717) is 5.82 Å². The van der Waals surface area contributed by atoms with Crippen LogP contribution in [0, 0.1) is 3.57 Å². The molecule has 1 aromatic heterocycles. The minimum absolute atomic E-state index is 0.505. The van der Waals surface area contributed by atoms with Crippen LogP contribution in [0.2, 0.25) is 0 Å². The number of rotatable bonds is 2. The second-order valence-electron chi connectivity index (χ2n) is 4.16. The summed E-state index contributed by atoms with van der Waals surface area (Å²) in [5.41, 5.74) is 7.71. The Bertz CT molecular complexity index is 752. The Hall–Kier alpha value is -1.76. The normalized spacial score (nSPS) is 10.8. The first-order chi connectivity index (χ1) is 9.22. The van der Waals surface area contributed by atoms with Gasteiger partial charge in [-0.1, -0.05) is 30.3 Å². The lowest BCUT2D eigenvalue weighted by Crippen LogP contribution is -1.92. The van der Waals surface area contributed by atoms with Crippen LogP contribution in [0.4, 0.5) is 5.82 Å². The number of methoxy groups -OCH3 is 1. The van der Waals surface area contributed by atoms with Crippen LogP contribution < -0.4 is 10.5 Å². The molecular weight excluding hydrogens is 353 g/mol. The van der Waals surface area contributed by atoms with Crippen LogP contribution in [0.1, 0.15) is 0 Å². The molecule has 1 heterocycles. The predicted octanol–water partition coefficient (Wildman–Crippen LogP) is 3.43. The number of ether oxygens (including phenoxy) is 1. The quantitative estimate of drug-likeness (QED) is 0.684. The Labute approximate surface area is 124 Å². The molecule has 0 fully saturated rings. The fourth-order valence-electron chi connectivity index (χ4n) is 2.19. The molecule has 0 saturated heterocycles. The number of nitrogens with one attached hydrogen (secondary N) is 1. The number of hydrogen-bond acceptors (Lipinski definition) is 3. The van der Waals surface area contributed by atoms with E-state index in [2.05, 4.69) is 44.9 Å². The SMILES string of the molecule is COc1ccc2ccccc2c1-c1[nH]nc(N)c1I. The van der Waals surface area contributed by atoms with E-state index in [-0.39, 0.29) is 0 Å². The van der Waals surface area contributed by atoms with E-state index in [1.54, 1.807) is 7.11 Å². The number of nitrogens with zero attached hydrogens (tertiary/aromatic N) is 1. The maximum absolute atomic E-state index is 5.82. The highest BCUT2D eigenvalue weighted by molar-refractivity contribution is 14.1. The van der Waals surface area contributed by atoms with Gasteiger partial charge in [-0.2, -0.15) is 5.10 Å². The highest BCUT2D eigenvalue weighted by Crippen LogP contribution is 2.39. The van der Waals surface area contributed by atoms with Gasteiger partial charge in [0.2, 0.25) is 0 Å². The standard InChI is InChI=1S/C14H12IN3O/c1-19-10-7-6-8-4-2-3-5-9(8)11(10)13-12(15)14(16)18-17-13/h2-7H,1H3,(H3,16,17,18). The number of halogens is 1. The monoisotopic (exact) mass is 365 g/mol. The number of aromatic amines is 1. The van der Waals surface area contributed by atoms with Crippen LogP contribution in [-0.4, -0.2) is 17.3 Å². The van der Waals surface area contributed by atoms with Gasteiger partial charge in [0.15, 0.2) is 5.82 Å². The maximum atomic E-state index is 5.82. The van der Waals surface area contributed by atoms with E-state index in [9.17, 15) is 0 Å². The topological polar surface area (TPSA) is 63.9 Å². The van der Waals surface area contributed by atoms with Gasteiger partial charge in [-0.3, -0.25) is 5.10 Å². The predicted molar refractivity (Wildman–Crippen MR) is 85.2 cm³/mol. The summed E-state index contributed by atoms with van der Waals surface area (Å²) in [6, 6.07) is 12.2. The highest BCUT2D eigenvalue weighted by Gasteiger charge is 2.17. The molecule has 0 amide bonds. The first-order valence-corrected chi connectivity index (χ1v) is 6.85. The van der Waals surface area contributed by atoms with Crippen molar-refractivity contribution in [2.75, 3.05) is 12.8 Å². The molecule has 0 aliphatic rings. The fraction of sp³-hybridized carbons (Fsp3) is 0.0714. The minimum Gasteiger partial charge on any atom is -0.496 e. The van der Waals surface area contributed by atoms with Crippen molar-refractivity contribution in [3.63, 3.8) is 0 Å². The van der Waals surface area contributed by atoms with Crippen molar-refractivity contribution >= 4 is 39.2 Å². The lowest BCUT2D eigenvalue weighted by Gasteiger charge is -2.11. The number of anilines is 1. The summed E-state index contributed by atoms with van der Waals surface area (Å²) in [5, 5.41) is 9.33. The molecule has 5 heteroatoms. The van der Waals surface area contributed by atoms with Crippen LogP contribution in [0.15, 0.2) is 36.4 Å². The smallest absolute Gasteiger partial charge is 0.159 e. The summed E-state index contributed by atoms with van der Waals surface area (Å²) in [5.74, 6) is 1.31. The van der Waals surface area contributed by atoms with Crippen molar-refractivity contribution in [2.24, 2.45) is 0 Å². The molecule has 3 N–H and O–H groups in total. The number of fused-ring (bicyclic) bond motifs is 1. The second-order valence-corrected chi connectivity index (χ2v) is 5.24. The second kappa shape index (κ2) is 4.73. The third-order valence-corrected chi connectivity index (χ3v) is 4.19. The van der Waals surface area contributed by atoms with Crippen LogP contribution in [0.3, 0.4) is 0 Å². The van der Waals surface area contributed by atoms with Gasteiger partial charge in [-0.25, -0.2) is 0 Å². The van der Waals surface area contributed by atoms with Crippen molar-refractivity contribution in [3.8, 4) is 17.0 Å². The van der Waals surface area contributed by atoms with Crippen molar-refractivity contribution in [1.29, 1.82) is 0 Å². The number of aromatic nitrogens is 2. The van der Waals surface area contributed by atoms with E-state index in [0.717, 1.165) is 31.3 Å². The Morgan fingerprint density at radius 1 is 1.21 bits per heavy atom. The molecule has 0 aliphatic heterocycles. The third kappa shape index (κ3) is 1.94. The number of nitrogens with two attached hydrogens (primary N) is 1. The average Bonchev–Trinajstić information content (AvgIpc) is 2.77. The van der Waals surface area contributed by atoms with Gasteiger partial charge in [-0.05, 0) is 39.4 Å². The molecule has 0 radical (unpaired) electrons. The first kappa shape index (κ1) is 12.3. The van der Waals surface area contributed by atoms with Gasteiger partial charge in [0, 0.05) is 0 Å². The van der Waals surface area contributed by atoms with Gasteiger partial charge < -0.3 is 10.5 Å². The Balaban J connectivity index is 2.40. The average molecular weight is 365 g/mol. The first-order valence-electron chi connectivity index (χ1n) is 5.78. The summed E-state index contributed by atoms with van der Waals surface area (Å²) < 4.78 is 6.39. The Morgan fingerprint density at radius 3 is 2.68 bits per heavy atom. The minimum atomic E-state index is 0.505. The molecule has 3 rings (SSSR count). The lowest BCUT2D eigenvalue weighted by molar-refractivity contribution is 0.417. The lowest BCUT2D eigenvalue weighted by atomic mass is 10.0. The molecule has 0 saturated carbocycles. The van der Waals surface area contributed by atoms with Crippen LogP contribution in [0.5, 0.6) is 5.75 Å². The molecule has 3 aromatic rings. The number of H-pyrrole nitrogens is 1. The van der Waals surface area contributed by atoms with Gasteiger partial charge >= 0.3 is 0 Å². The van der Waals surface area contributed by atoms with E-state index in [1.165, 1.54) is 0 Å². The molecule has 0 bridgehead atoms. The van der Waals surface area contributed by atoms with Crippen LogP contribution >= 0.6 is 22.6 Å². The maximum Gasteiger partial charge on any atom is 0.159 e. The fourth-order valence-corrected chi connectivity index (χ4v) is 2.70. The van der Waals surface area contributed by atoms with E-state index in [1.807, 2.05) is 24.3 Å².